The molecule has 0 aliphatic heterocycles. The summed E-state index contributed by atoms with van der Waals surface area (Å²) in [5, 5.41) is 17.6. The molecule has 0 saturated carbocycles. The summed E-state index contributed by atoms with van der Waals surface area (Å²) in [6, 6.07) is 12.3. The molecule has 0 unspecified atom stereocenters. The van der Waals surface area contributed by atoms with E-state index in [4.69, 9.17) is 16.1 Å². The molecule has 8 nitrogen and oxygen atoms in total. The van der Waals surface area contributed by atoms with Crippen LogP contribution in [0.1, 0.15) is 17.7 Å². The molecule has 0 bridgehead atoms. The highest BCUT2D eigenvalue weighted by Crippen LogP contribution is 2.27. The zero-order chi connectivity index (χ0) is 22.2. The van der Waals surface area contributed by atoms with E-state index in [1.807, 2.05) is 13.0 Å². The van der Waals surface area contributed by atoms with E-state index in [1.54, 1.807) is 53.4 Å². The monoisotopic (exact) mass is 465 g/mol. The summed E-state index contributed by atoms with van der Waals surface area (Å²) in [5.74, 6) is 0.524. The molecule has 10 heteroatoms. The molecular weight excluding hydrogens is 450 g/mol. The van der Waals surface area contributed by atoms with Crippen molar-refractivity contribution in [2.24, 2.45) is 0 Å². The Hall–Kier alpha value is -3.56. The van der Waals surface area contributed by atoms with Crippen molar-refractivity contribution in [3.05, 3.63) is 80.4 Å². The average Bonchev–Trinajstić information content (AvgIpc) is 3.46. The maximum absolute atomic E-state index is 13.6. The van der Waals surface area contributed by atoms with Crippen LogP contribution in [0.4, 0.5) is 0 Å². The van der Waals surface area contributed by atoms with E-state index in [9.17, 15) is 9.90 Å². The molecule has 32 heavy (non-hydrogen) atoms. The third-order valence-corrected chi connectivity index (χ3v) is 6.13. The molecule has 0 spiro atoms. The van der Waals surface area contributed by atoms with Crippen LogP contribution < -0.4 is 15.2 Å². The van der Waals surface area contributed by atoms with Gasteiger partial charge < -0.3 is 9.63 Å². The average molecular weight is 466 g/mol. The number of rotatable bonds is 5. The zero-order valence-corrected chi connectivity index (χ0v) is 18.4. The van der Waals surface area contributed by atoms with Gasteiger partial charge in [-0.3, -0.25) is 0 Å². The number of pyridine rings is 1. The summed E-state index contributed by atoms with van der Waals surface area (Å²) in [7, 11) is 0. The quantitative estimate of drug-likeness (QED) is 0.370. The van der Waals surface area contributed by atoms with Crippen LogP contribution in [0.3, 0.4) is 0 Å². The van der Waals surface area contributed by atoms with Crippen LogP contribution in [-0.2, 0) is 13.0 Å². The molecule has 160 valence electrons. The van der Waals surface area contributed by atoms with Crippen LogP contribution >= 0.6 is 22.9 Å². The molecule has 0 saturated heterocycles. The molecule has 0 aliphatic rings. The number of thiazole rings is 1. The lowest BCUT2D eigenvalue weighted by molar-refractivity contribution is -0.707. The molecular formula is C22H16ClN5O3S. The number of halogens is 1. The number of benzene rings is 1. The van der Waals surface area contributed by atoms with Crippen molar-refractivity contribution in [3.63, 3.8) is 0 Å². The highest BCUT2D eigenvalue weighted by molar-refractivity contribution is 7.15. The maximum atomic E-state index is 13.6. The number of fused-ring (bicyclic) bond motifs is 1. The minimum atomic E-state index is -0.399. The van der Waals surface area contributed by atoms with Crippen molar-refractivity contribution in [1.29, 1.82) is 0 Å². The molecule has 0 radical (unpaired) electrons. The normalized spacial score (nSPS) is 11.3. The minimum Gasteiger partial charge on any atom is -0.842 e. The Balaban J connectivity index is 1.71. The van der Waals surface area contributed by atoms with E-state index >= 15 is 0 Å². The smallest absolute Gasteiger partial charge is 0.349 e. The van der Waals surface area contributed by atoms with Crippen LogP contribution in [0, 0.1) is 0 Å². The fourth-order valence-electron chi connectivity index (χ4n) is 3.52. The van der Waals surface area contributed by atoms with E-state index in [0.717, 1.165) is 4.88 Å². The van der Waals surface area contributed by atoms with Crippen LogP contribution in [0.25, 0.3) is 28.2 Å². The fraction of sp³-hybridized carbons (Fsp3) is 0.136. The van der Waals surface area contributed by atoms with Crippen molar-refractivity contribution in [1.82, 2.24) is 19.5 Å². The van der Waals surface area contributed by atoms with Gasteiger partial charge in [0.15, 0.2) is 4.47 Å². The Kier molecular flexibility index (Phi) is 5.20. The molecule has 5 aromatic rings. The van der Waals surface area contributed by atoms with E-state index in [-0.39, 0.29) is 12.1 Å². The molecule has 1 aromatic carbocycles. The molecule has 0 atom stereocenters. The second-order valence-corrected chi connectivity index (χ2v) is 8.72. The predicted octanol–water partition coefficient (Wildman–Crippen LogP) is 3.10. The van der Waals surface area contributed by atoms with Gasteiger partial charge in [-0.05, 0) is 17.7 Å². The number of aromatic nitrogens is 5. The van der Waals surface area contributed by atoms with Gasteiger partial charge in [0, 0.05) is 24.2 Å². The molecule has 4 heterocycles. The van der Waals surface area contributed by atoms with Gasteiger partial charge in [0.2, 0.25) is 11.7 Å². The first kappa shape index (κ1) is 20.3. The number of hydrogen-bond acceptors (Lipinski definition) is 7. The summed E-state index contributed by atoms with van der Waals surface area (Å²) >= 11 is 7.26. The zero-order valence-electron chi connectivity index (χ0n) is 16.9. The molecule has 0 fully saturated rings. The lowest BCUT2D eigenvalue weighted by Gasteiger charge is -2.16. The summed E-state index contributed by atoms with van der Waals surface area (Å²) < 4.78 is 8.61. The Labute approximate surface area is 191 Å². The Morgan fingerprint density at radius 1 is 1.22 bits per heavy atom. The fourth-order valence-corrected chi connectivity index (χ4v) is 4.49. The largest absolute Gasteiger partial charge is 0.842 e. The summed E-state index contributed by atoms with van der Waals surface area (Å²) in [6.07, 6.45) is 3.89. The highest BCUT2D eigenvalue weighted by Gasteiger charge is 2.21. The van der Waals surface area contributed by atoms with Crippen LogP contribution in [-0.4, -0.2) is 19.5 Å². The van der Waals surface area contributed by atoms with E-state index in [2.05, 4.69) is 15.1 Å². The molecule has 0 N–H and O–H groups in total. The first-order valence-electron chi connectivity index (χ1n) is 9.83. The highest BCUT2D eigenvalue weighted by atomic mass is 35.5. The lowest BCUT2D eigenvalue weighted by atomic mass is 10.0. The third-order valence-electron chi connectivity index (χ3n) is 5.03. The molecule has 4 aromatic heterocycles. The van der Waals surface area contributed by atoms with Crippen LogP contribution in [0.5, 0.6) is 5.88 Å². The number of nitrogens with zero attached hydrogens (tertiary/aromatic N) is 5. The first-order valence-corrected chi connectivity index (χ1v) is 11.0. The van der Waals surface area contributed by atoms with Crippen molar-refractivity contribution >= 4 is 28.6 Å². The predicted molar refractivity (Wildman–Crippen MR) is 118 cm³/mol. The summed E-state index contributed by atoms with van der Waals surface area (Å²) in [4.78, 5) is 22.5. The van der Waals surface area contributed by atoms with Crippen molar-refractivity contribution < 1.29 is 14.2 Å². The van der Waals surface area contributed by atoms with Gasteiger partial charge in [-0.15, -0.1) is 11.3 Å². The lowest BCUT2D eigenvalue weighted by Crippen LogP contribution is -2.44. The number of hydrogen-bond donors (Lipinski definition) is 0. The Bertz CT molecular complexity index is 1510. The number of aryl methyl sites for hydroxylation is 1. The van der Waals surface area contributed by atoms with E-state index < -0.39 is 11.4 Å². The second kappa shape index (κ2) is 8.18. The van der Waals surface area contributed by atoms with Crippen molar-refractivity contribution in [3.8, 4) is 28.4 Å². The van der Waals surface area contributed by atoms with Gasteiger partial charge in [0.05, 0.1) is 17.0 Å². The summed E-state index contributed by atoms with van der Waals surface area (Å²) in [5.41, 5.74) is 1.28. The standard InChI is InChI=1S/C22H16ClN5O3S/c1-2-16-25-19(26-31-16)14-7-5-6-13(10-14)18-20(29)27-9-4-3-8-17(27)28(21(18)30)12-15-11-24-22(23)32-15/h3-11H,2,12H2,1H3. The van der Waals surface area contributed by atoms with Crippen LogP contribution in [0.15, 0.2) is 64.2 Å². The van der Waals surface area contributed by atoms with Crippen molar-refractivity contribution in [2.45, 2.75) is 19.9 Å². The topological polar surface area (TPSA) is 100 Å². The third kappa shape index (κ3) is 3.55. The van der Waals surface area contributed by atoms with Gasteiger partial charge in [-0.1, -0.05) is 47.9 Å². The second-order valence-electron chi connectivity index (χ2n) is 7.03. The first-order chi connectivity index (χ1) is 15.5. The summed E-state index contributed by atoms with van der Waals surface area (Å²) in [6.45, 7) is 2.16. The minimum absolute atomic E-state index is 0.0605. The Morgan fingerprint density at radius 2 is 2.06 bits per heavy atom. The molecule has 5 rings (SSSR count). The van der Waals surface area contributed by atoms with Gasteiger partial charge in [0.1, 0.15) is 12.1 Å². The van der Waals surface area contributed by atoms with Gasteiger partial charge in [-0.2, -0.15) is 9.38 Å². The Morgan fingerprint density at radius 3 is 2.81 bits per heavy atom. The van der Waals surface area contributed by atoms with Gasteiger partial charge in [0.25, 0.3) is 5.65 Å². The van der Waals surface area contributed by atoms with Gasteiger partial charge >= 0.3 is 5.56 Å². The van der Waals surface area contributed by atoms with Gasteiger partial charge in [-0.25, -0.2) is 14.3 Å². The van der Waals surface area contributed by atoms with E-state index in [1.165, 1.54) is 15.7 Å². The van der Waals surface area contributed by atoms with Crippen LogP contribution in [0.2, 0.25) is 4.47 Å². The SMILES string of the molecule is CCc1nc(-c2cccc(-c3c([O-])[n+](Cc4cnc(Cl)s4)c4ccccn4c3=O)c2)no1. The van der Waals surface area contributed by atoms with E-state index in [0.29, 0.717) is 39.4 Å². The molecule has 0 amide bonds. The maximum Gasteiger partial charge on any atom is 0.349 e. The molecule has 0 aliphatic carbocycles. The van der Waals surface area contributed by atoms with Crippen molar-refractivity contribution in [2.75, 3.05) is 0 Å².